The summed E-state index contributed by atoms with van der Waals surface area (Å²) in [6, 6.07) is 0. The largest absolute Gasteiger partial charge is 0.323 e. The molecule has 1 aliphatic rings. The molecule has 2 heteroatoms. The van der Waals surface area contributed by atoms with Gasteiger partial charge in [0.05, 0.1) is 7.14 Å². The Bertz CT molecular complexity index is 196. The van der Waals surface area contributed by atoms with Gasteiger partial charge in [-0.15, -0.1) is 0 Å². The maximum absolute atomic E-state index is 11.9. The van der Waals surface area contributed by atoms with E-state index in [4.69, 9.17) is 0 Å². The number of hydrogen-bond acceptors (Lipinski definition) is 1. The Morgan fingerprint density at radius 2 is 2.36 bits per heavy atom. The normalized spacial score (nSPS) is 29.8. The van der Waals surface area contributed by atoms with Crippen molar-refractivity contribution in [1.29, 1.82) is 0 Å². The predicted octanol–water partition coefficient (Wildman–Crippen LogP) is 3.11. The molecule has 2 unspecified atom stereocenters. The highest BCUT2D eigenvalue weighted by atomic mass is 31.2. The summed E-state index contributed by atoms with van der Waals surface area (Å²) in [5.41, 5.74) is 0.390. The van der Waals surface area contributed by atoms with Crippen LogP contribution in [-0.2, 0) is 4.57 Å². The van der Waals surface area contributed by atoms with Gasteiger partial charge in [0.25, 0.3) is 0 Å². The van der Waals surface area contributed by atoms with Gasteiger partial charge >= 0.3 is 0 Å². The molecule has 0 saturated carbocycles. The molecule has 0 spiro atoms. The van der Waals surface area contributed by atoms with Crippen molar-refractivity contribution < 1.29 is 4.57 Å². The predicted molar refractivity (Wildman–Crippen MR) is 50.9 cm³/mol. The summed E-state index contributed by atoms with van der Waals surface area (Å²) in [5.74, 6) is 0. The van der Waals surface area contributed by atoms with Crippen molar-refractivity contribution in [2.45, 2.75) is 31.8 Å². The zero-order chi connectivity index (χ0) is 8.32. The molecule has 11 heavy (non-hydrogen) atoms. The first-order chi connectivity index (χ1) is 5.17. The minimum atomic E-state index is -1.84. The van der Waals surface area contributed by atoms with Crippen LogP contribution in [0.25, 0.3) is 0 Å². The Morgan fingerprint density at radius 3 is 2.82 bits per heavy atom. The van der Waals surface area contributed by atoms with Crippen LogP contribution in [0.5, 0.6) is 0 Å². The summed E-state index contributed by atoms with van der Waals surface area (Å²) in [6.45, 7) is 3.97. The highest BCUT2D eigenvalue weighted by molar-refractivity contribution is 7.64. The van der Waals surface area contributed by atoms with Crippen LogP contribution < -0.4 is 0 Å². The van der Waals surface area contributed by atoms with E-state index in [9.17, 15) is 4.57 Å². The quantitative estimate of drug-likeness (QED) is 0.462. The highest BCUT2D eigenvalue weighted by Gasteiger charge is 2.24. The Balaban J connectivity index is 2.66. The topological polar surface area (TPSA) is 17.1 Å². The van der Waals surface area contributed by atoms with Gasteiger partial charge in [-0.25, -0.2) is 0 Å². The molecule has 0 aromatic carbocycles. The Kier molecular flexibility index (Phi) is 2.95. The molecule has 0 radical (unpaired) electrons. The van der Waals surface area contributed by atoms with E-state index in [1.807, 2.05) is 13.6 Å². The number of rotatable bonds is 2. The fourth-order valence-corrected chi connectivity index (χ4v) is 3.17. The van der Waals surface area contributed by atoms with Crippen LogP contribution in [0.4, 0.5) is 0 Å². The standard InChI is InChI=1S/C9H17OP/c1-3-11(2,10)9-7-5-4-6-8-9/h5,7,9H,3-4,6,8H2,1-2H3. The van der Waals surface area contributed by atoms with Crippen molar-refractivity contribution in [3.05, 3.63) is 12.2 Å². The maximum Gasteiger partial charge on any atom is 0.0910 e. The second-order valence-corrected chi connectivity index (χ2v) is 7.06. The van der Waals surface area contributed by atoms with Gasteiger partial charge < -0.3 is 4.57 Å². The molecule has 1 nitrogen and oxygen atoms in total. The lowest BCUT2D eigenvalue weighted by atomic mass is 10.1. The molecular formula is C9H17OP. The Morgan fingerprint density at radius 1 is 1.64 bits per heavy atom. The lowest BCUT2D eigenvalue weighted by Gasteiger charge is -2.22. The molecule has 1 aliphatic carbocycles. The van der Waals surface area contributed by atoms with Crippen LogP contribution >= 0.6 is 7.14 Å². The van der Waals surface area contributed by atoms with Crippen molar-refractivity contribution in [3.8, 4) is 0 Å². The van der Waals surface area contributed by atoms with Crippen molar-refractivity contribution in [2.24, 2.45) is 0 Å². The molecular weight excluding hydrogens is 155 g/mol. The monoisotopic (exact) mass is 172 g/mol. The molecule has 0 aromatic heterocycles. The summed E-state index contributed by atoms with van der Waals surface area (Å²) < 4.78 is 11.9. The number of allylic oxidation sites excluding steroid dienone is 2. The third-order valence-electron chi connectivity index (χ3n) is 2.56. The van der Waals surface area contributed by atoms with Crippen molar-refractivity contribution in [2.75, 3.05) is 12.8 Å². The van der Waals surface area contributed by atoms with Crippen LogP contribution in [-0.4, -0.2) is 18.5 Å². The second kappa shape index (κ2) is 3.58. The van der Waals surface area contributed by atoms with Crippen molar-refractivity contribution in [1.82, 2.24) is 0 Å². The van der Waals surface area contributed by atoms with Gasteiger partial charge in [0.1, 0.15) is 0 Å². The van der Waals surface area contributed by atoms with E-state index in [1.54, 1.807) is 0 Å². The molecule has 0 aromatic rings. The van der Waals surface area contributed by atoms with Gasteiger partial charge in [-0.3, -0.25) is 0 Å². The molecule has 0 amide bonds. The Labute approximate surface area is 69.3 Å². The van der Waals surface area contributed by atoms with E-state index in [-0.39, 0.29) is 0 Å². The van der Waals surface area contributed by atoms with Gasteiger partial charge in [-0.1, -0.05) is 19.1 Å². The third-order valence-corrected chi connectivity index (χ3v) is 5.65. The molecule has 0 heterocycles. The highest BCUT2D eigenvalue weighted by Crippen LogP contribution is 2.49. The van der Waals surface area contributed by atoms with Gasteiger partial charge in [-0.05, 0) is 32.1 Å². The molecule has 0 aliphatic heterocycles. The Hall–Kier alpha value is -0.0300. The molecule has 0 N–H and O–H groups in total. The van der Waals surface area contributed by atoms with Crippen LogP contribution in [0.2, 0.25) is 0 Å². The number of hydrogen-bond donors (Lipinski definition) is 0. The van der Waals surface area contributed by atoms with E-state index in [0.29, 0.717) is 5.66 Å². The molecule has 64 valence electrons. The summed E-state index contributed by atoms with van der Waals surface area (Å²) in [4.78, 5) is 0. The summed E-state index contributed by atoms with van der Waals surface area (Å²) in [6.07, 6.45) is 8.73. The zero-order valence-electron chi connectivity index (χ0n) is 7.42. The van der Waals surface area contributed by atoms with Crippen LogP contribution in [0.3, 0.4) is 0 Å². The fourth-order valence-electron chi connectivity index (χ4n) is 1.48. The second-order valence-electron chi connectivity index (χ2n) is 3.42. The van der Waals surface area contributed by atoms with Gasteiger partial charge in [0.2, 0.25) is 0 Å². The summed E-state index contributed by atoms with van der Waals surface area (Å²) in [7, 11) is -1.84. The smallest absolute Gasteiger partial charge is 0.0910 e. The first kappa shape index (κ1) is 9.06. The average Bonchev–Trinajstić information content (AvgIpc) is 2.06. The molecule has 2 atom stereocenters. The van der Waals surface area contributed by atoms with Gasteiger partial charge in [0.15, 0.2) is 0 Å². The fraction of sp³-hybridized carbons (Fsp3) is 0.778. The average molecular weight is 172 g/mol. The van der Waals surface area contributed by atoms with Crippen molar-refractivity contribution in [3.63, 3.8) is 0 Å². The molecule has 1 rings (SSSR count). The van der Waals surface area contributed by atoms with Crippen molar-refractivity contribution >= 4 is 7.14 Å². The van der Waals surface area contributed by atoms with E-state index >= 15 is 0 Å². The minimum Gasteiger partial charge on any atom is -0.323 e. The zero-order valence-corrected chi connectivity index (χ0v) is 8.31. The minimum absolute atomic E-state index is 0.390. The molecule has 0 bridgehead atoms. The molecule has 0 fully saturated rings. The maximum atomic E-state index is 11.9. The third kappa shape index (κ3) is 2.20. The summed E-state index contributed by atoms with van der Waals surface area (Å²) >= 11 is 0. The lowest BCUT2D eigenvalue weighted by Crippen LogP contribution is -2.08. The van der Waals surface area contributed by atoms with E-state index in [0.717, 1.165) is 12.6 Å². The first-order valence-electron chi connectivity index (χ1n) is 4.39. The van der Waals surface area contributed by atoms with Gasteiger partial charge in [-0.2, -0.15) is 0 Å². The van der Waals surface area contributed by atoms with Crippen LogP contribution in [0.1, 0.15) is 26.2 Å². The van der Waals surface area contributed by atoms with Crippen LogP contribution in [0, 0.1) is 0 Å². The summed E-state index contributed by atoms with van der Waals surface area (Å²) in [5, 5.41) is 0. The van der Waals surface area contributed by atoms with Crippen LogP contribution in [0.15, 0.2) is 12.2 Å². The molecule has 0 saturated heterocycles. The van der Waals surface area contributed by atoms with Gasteiger partial charge in [0, 0.05) is 5.66 Å². The van der Waals surface area contributed by atoms with E-state index in [1.165, 1.54) is 12.8 Å². The SMILES string of the molecule is CCP(C)(=O)C1C=CCCC1. The van der Waals surface area contributed by atoms with E-state index < -0.39 is 7.14 Å². The lowest BCUT2D eigenvalue weighted by molar-refractivity contribution is 0.566. The first-order valence-corrected chi connectivity index (χ1v) is 6.80. The van der Waals surface area contributed by atoms with E-state index in [2.05, 4.69) is 12.2 Å².